The van der Waals surface area contributed by atoms with Gasteiger partial charge in [0.1, 0.15) is 0 Å². The third-order valence-electron chi connectivity index (χ3n) is 3.43. The third kappa shape index (κ3) is 4.86. The molecule has 1 amide bonds. The molecule has 2 heterocycles. The third-order valence-corrected chi connectivity index (χ3v) is 3.43. The Kier molecular flexibility index (Phi) is 6.42. The zero-order chi connectivity index (χ0) is 14.7. The summed E-state index contributed by atoms with van der Waals surface area (Å²) in [6.45, 7) is 8.41. The van der Waals surface area contributed by atoms with E-state index < -0.39 is 0 Å². The number of carbonyl (C=O) groups excluding carboxylic acids is 1. The van der Waals surface area contributed by atoms with E-state index >= 15 is 0 Å². The van der Waals surface area contributed by atoms with Crippen LogP contribution in [0.15, 0.2) is 16.9 Å². The van der Waals surface area contributed by atoms with Gasteiger partial charge in [0.15, 0.2) is 0 Å². The van der Waals surface area contributed by atoms with E-state index in [1.165, 1.54) is 6.07 Å². The Morgan fingerprint density at radius 2 is 2.14 bits per heavy atom. The van der Waals surface area contributed by atoms with Crippen LogP contribution in [0.5, 0.6) is 0 Å². The average Bonchev–Trinajstić information content (AvgIpc) is 2.36. The van der Waals surface area contributed by atoms with E-state index in [1.54, 1.807) is 0 Å². The fraction of sp³-hybridized carbons (Fsp3) is 0.600. The van der Waals surface area contributed by atoms with Crippen molar-refractivity contribution in [2.24, 2.45) is 5.92 Å². The molecule has 1 aliphatic rings. The van der Waals surface area contributed by atoms with Crippen LogP contribution in [0.3, 0.4) is 0 Å². The van der Waals surface area contributed by atoms with E-state index in [1.807, 2.05) is 11.0 Å². The number of hydrogen-bond donors (Lipinski definition) is 2. The molecular weight excluding hydrogens is 290 g/mol. The fourth-order valence-electron chi connectivity index (χ4n) is 2.57. The predicted octanol–water partition coefficient (Wildman–Crippen LogP) is 1.43. The molecule has 2 N–H and O–H groups in total. The first-order valence-corrected chi connectivity index (χ1v) is 7.21. The van der Waals surface area contributed by atoms with Gasteiger partial charge in [-0.05, 0) is 25.3 Å². The molecule has 2 rings (SSSR count). The van der Waals surface area contributed by atoms with E-state index in [9.17, 15) is 9.59 Å². The highest BCUT2D eigenvalue weighted by Gasteiger charge is 2.22. The van der Waals surface area contributed by atoms with Crippen molar-refractivity contribution in [1.29, 1.82) is 0 Å². The van der Waals surface area contributed by atoms with Crippen LogP contribution in [0.1, 0.15) is 36.8 Å². The maximum atomic E-state index is 12.5. The molecule has 5 nitrogen and oxygen atoms in total. The van der Waals surface area contributed by atoms with Crippen molar-refractivity contribution < 1.29 is 4.79 Å². The highest BCUT2D eigenvalue weighted by molar-refractivity contribution is 5.94. The largest absolute Gasteiger partial charge is 0.336 e. The van der Waals surface area contributed by atoms with Crippen LogP contribution in [0.2, 0.25) is 0 Å². The molecule has 1 aromatic rings. The van der Waals surface area contributed by atoms with Crippen molar-refractivity contribution >= 4 is 18.3 Å². The van der Waals surface area contributed by atoms with Crippen molar-refractivity contribution in [3.05, 3.63) is 33.7 Å². The van der Waals surface area contributed by atoms with E-state index in [0.29, 0.717) is 30.6 Å². The summed E-state index contributed by atoms with van der Waals surface area (Å²) in [5.74, 6) is 0.393. The van der Waals surface area contributed by atoms with Crippen LogP contribution < -0.4 is 10.9 Å². The van der Waals surface area contributed by atoms with Crippen LogP contribution >= 0.6 is 12.4 Å². The van der Waals surface area contributed by atoms with Gasteiger partial charge in [0.05, 0.1) is 0 Å². The molecule has 0 spiro atoms. The predicted molar refractivity (Wildman–Crippen MR) is 86.2 cm³/mol. The Bertz CT molecular complexity index is 542. The van der Waals surface area contributed by atoms with Crippen molar-refractivity contribution in [1.82, 2.24) is 15.2 Å². The second kappa shape index (κ2) is 7.61. The van der Waals surface area contributed by atoms with Gasteiger partial charge >= 0.3 is 0 Å². The zero-order valence-electron chi connectivity index (χ0n) is 12.8. The van der Waals surface area contributed by atoms with Gasteiger partial charge in [-0.3, -0.25) is 9.59 Å². The first-order chi connectivity index (χ1) is 9.45. The van der Waals surface area contributed by atoms with E-state index in [0.717, 1.165) is 18.7 Å². The minimum absolute atomic E-state index is 0. The summed E-state index contributed by atoms with van der Waals surface area (Å²) in [4.78, 5) is 28.8. The lowest BCUT2D eigenvalue weighted by Crippen LogP contribution is -2.51. The number of nitrogens with zero attached hydrogens (tertiary/aromatic N) is 1. The van der Waals surface area contributed by atoms with Gasteiger partial charge in [-0.1, -0.05) is 13.8 Å². The van der Waals surface area contributed by atoms with Crippen LogP contribution in [-0.4, -0.2) is 41.5 Å². The van der Waals surface area contributed by atoms with Gasteiger partial charge in [-0.15, -0.1) is 12.4 Å². The number of aromatic nitrogens is 1. The van der Waals surface area contributed by atoms with Gasteiger partial charge in [-0.25, -0.2) is 0 Å². The summed E-state index contributed by atoms with van der Waals surface area (Å²) < 4.78 is 0. The Hall–Kier alpha value is -1.33. The maximum absolute atomic E-state index is 12.5. The molecule has 118 valence electrons. The molecule has 0 unspecified atom stereocenters. The molecule has 0 saturated carbocycles. The first-order valence-electron chi connectivity index (χ1n) is 7.21. The number of H-pyrrole nitrogens is 1. The van der Waals surface area contributed by atoms with E-state index in [-0.39, 0.29) is 23.9 Å². The number of carbonyl (C=O) groups is 1. The lowest BCUT2D eigenvalue weighted by atomic mass is 10.1. The van der Waals surface area contributed by atoms with Crippen molar-refractivity contribution in [3.8, 4) is 0 Å². The Morgan fingerprint density at radius 1 is 1.43 bits per heavy atom. The van der Waals surface area contributed by atoms with Gasteiger partial charge < -0.3 is 15.2 Å². The lowest BCUT2D eigenvalue weighted by Gasteiger charge is -2.32. The summed E-state index contributed by atoms with van der Waals surface area (Å²) in [6.07, 6.45) is 0.772. The summed E-state index contributed by atoms with van der Waals surface area (Å²) in [7, 11) is 0. The molecule has 21 heavy (non-hydrogen) atoms. The Morgan fingerprint density at radius 3 is 2.76 bits per heavy atom. The van der Waals surface area contributed by atoms with Crippen LogP contribution in [0.25, 0.3) is 0 Å². The molecule has 1 atom stereocenters. The summed E-state index contributed by atoms with van der Waals surface area (Å²) >= 11 is 0. The molecule has 0 bridgehead atoms. The standard InChI is InChI=1S/C15H23N3O2.ClH/c1-10(2)6-13-7-12(8-14(19)17-13)15(20)18-5-4-16-11(3)9-18;/h7-8,10-11,16H,4-6,9H2,1-3H3,(H,17,19);1H/t11-;/m1./s1. The molecule has 0 aromatic carbocycles. The molecule has 1 saturated heterocycles. The number of aromatic amines is 1. The summed E-state index contributed by atoms with van der Waals surface area (Å²) in [5.41, 5.74) is 1.13. The second-order valence-corrected chi connectivity index (χ2v) is 5.96. The van der Waals surface area contributed by atoms with Crippen molar-refractivity contribution in [2.45, 2.75) is 33.2 Å². The molecule has 6 heteroatoms. The smallest absolute Gasteiger partial charge is 0.254 e. The number of halogens is 1. The zero-order valence-corrected chi connectivity index (χ0v) is 13.6. The topological polar surface area (TPSA) is 65.2 Å². The minimum Gasteiger partial charge on any atom is -0.336 e. The van der Waals surface area contributed by atoms with Gasteiger partial charge in [-0.2, -0.15) is 0 Å². The maximum Gasteiger partial charge on any atom is 0.254 e. The number of amides is 1. The van der Waals surface area contributed by atoms with Crippen molar-refractivity contribution in [2.75, 3.05) is 19.6 Å². The van der Waals surface area contributed by atoms with E-state index in [2.05, 4.69) is 31.1 Å². The highest BCUT2D eigenvalue weighted by atomic mass is 35.5. The number of piperazine rings is 1. The Labute approximate surface area is 131 Å². The van der Waals surface area contributed by atoms with Gasteiger partial charge in [0.25, 0.3) is 5.91 Å². The minimum atomic E-state index is -0.199. The monoisotopic (exact) mass is 313 g/mol. The quantitative estimate of drug-likeness (QED) is 0.887. The molecular formula is C15H24ClN3O2. The molecule has 1 fully saturated rings. The van der Waals surface area contributed by atoms with Crippen LogP contribution in [0.4, 0.5) is 0 Å². The molecule has 0 radical (unpaired) electrons. The fourth-order valence-corrected chi connectivity index (χ4v) is 2.57. The average molecular weight is 314 g/mol. The highest BCUT2D eigenvalue weighted by Crippen LogP contribution is 2.10. The summed E-state index contributed by atoms with van der Waals surface area (Å²) in [5, 5.41) is 3.31. The number of rotatable bonds is 3. The Balaban J connectivity index is 0.00000220. The van der Waals surface area contributed by atoms with Crippen molar-refractivity contribution in [3.63, 3.8) is 0 Å². The number of hydrogen-bond acceptors (Lipinski definition) is 3. The summed E-state index contributed by atoms with van der Waals surface area (Å²) in [6, 6.07) is 3.51. The van der Waals surface area contributed by atoms with E-state index in [4.69, 9.17) is 0 Å². The van der Waals surface area contributed by atoms with Gasteiger partial charge in [0.2, 0.25) is 5.56 Å². The second-order valence-electron chi connectivity index (χ2n) is 5.96. The molecule has 1 aliphatic heterocycles. The first kappa shape index (κ1) is 17.7. The van der Waals surface area contributed by atoms with Crippen LogP contribution in [-0.2, 0) is 6.42 Å². The normalized spacial score (nSPS) is 18.5. The van der Waals surface area contributed by atoms with Gasteiger partial charge in [0, 0.05) is 43.0 Å². The van der Waals surface area contributed by atoms with Crippen LogP contribution in [0, 0.1) is 5.92 Å². The number of nitrogens with one attached hydrogen (secondary N) is 2. The lowest BCUT2D eigenvalue weighted by molar-refractivity contribution is 0.0708. The SMILES string of the molecule is CC(C)Cc1cc(C(=O)N2CCN[C@H](C)C2)cc(=O)[nH]1.Cl. The molecule has 0 aliphatic carbocycles. The number of pyridine rings is 1. The molecule has 1 aromatic heterocycles.